The van der Waals surface area contributed by atoms with Gasteiger partial charge in [-0.3, -0.25) is 9.59 Å². The van der Waals surface area contributed by atoms with E-state index < -0.39 is 6.10 Å². The number of fused-ring (bicyclic) bond motifs is 1. The molecule has 0 aliphatic carbocycles. The van der Waals surface area contributed by atoms with Gasteiger partial charge in [0.1, 0.15) is 5.75 Å². The fourth-order valence-corrected chi connectivity index (χ4v) is 3.58. The van der Waals surface area contributed by atoms with E-state index >= 15 is 0 Å². The molecule has 2 amide bonds. The number of hydrogen-bond donors (Lipinski definition) is 1. The van der Waals surface area contributed by atoms with Crippen molar-refractivity contribution in [3.8, 4) is 5.75 Å². The van der Waals surface area contributed by atoms with Gasteiger partial charge in [-0.05, 0) is 77.7 Å². The lowest BCUT2D eigenvalue weighted by Crippen LogP contribution is -2.30. The lowest BCUT2D eigenvalue weighted by molar-refractivity contribution is -0.122. The van der Waals surface area contributed by atoms with Crippen molar-refractivity contribution in [3.05, 3.63) is 52.0 Å². The third kappa shape index (κ3) is 3.90. The normalized spacial score (nSPS) is 13.9. The maximum Gasteiger partial charge on any atom is 0.265 e. The van der Waals surface area contributed by atoms with Gasteiger partial charge in [-0.25, -0.2) is 0 Å². The van der Waals surface area contributed by atoms with Gasteiger partial charge in [0.25, 0.3) is 5.91 Å². The van der Waals surface area contributed by atoms with Crippen LogP contribution in [0, 0.1) is 6.92 Å². The quantitative estimate of drug-likeness (QED) is 0.816. The summed E-state index contributed by atoms with van der Waals surface area (Å²) < 4.78 is 6.58. The van der Waals surface area contributed by atoms with Crippen LogP contribution in [0.5, 0.6) is 5.75 Å². The fraction of sp³-hybridized carbons (Fsp3) is 0.300. The highest BCUT2D eigenvalue weighted by molar-refractivity contribution is 9.10. The van der Waals surface area contributed by atoms with Crippen molar-refractivity contribution in [2.45, 2.75) is 33.3 Å². The summed E-state index contributed by atoms with van der Waals surface area (Å²) in [7, 11) is 0. The maximum atomic E-state index is 12.5. The highest BCUT2D eigenvalue weighted by atomic mass is 79.9. The molecular formula is C20H21BrN2O3. The molecule has 1 aliphatic heterocycles. The van der Waals surface area contributed by atoms with Crippen molar-refractivity contribution < 1.29 is 14.3 Å². The topological polar surface area (TPSA) is 58.6 Å². The van der Waals surface area contributed by atoms with E-state index in [1.54, 1.807) is 18.7 Å². The second-order valence-electron chi connectivity index (χ2n) is 6.45. The van der Waals surface area contributed by atoms with Crippen LogP contribution in [-0.4, -0.2) is 24.5 Å². The average molecular weight is 417 g/mol. The predicted molar refractivity (Wildman–Crippen MR) is 106 cm³/mol. The van der Waals surface area contributed by atoms with Crippen LogP contribution in [-0.2, 0) is 16.0 Å². The van der Waals surface area contributed by atoms with E-state index in [0.717, 1.165) is 27.7 Å². The monoisotopic (exact) mass is 416 g/mol. The van der Waals surface area contributed by atoms with Gasteiger partial charge >= 0.3 is 0 Å². The van der Waals surface area contributed by atoms with Crippen molar-refractivity contribution in [3.63, 3.8) is 0 Å². The molecule has 3 rings (SSSR count). The summed E-state index contributed by atoms with van der Waals surface area (Å²) >= 11 is 3.45. The number of aryl methyl sites for hydroxylation is 1. The Morgan fingerprint density at radius 1 is 1.23 bits per heavy atom. The summed E-state index contributed by atoms with van der Waals surface area (Å²) in [5.74, 6) is 0.439. The van der Waals surface area contributed by atoms with Gasteiger partial charge in [-0.1, -0.05) is 6.07 Å². The molecule has 0 aromatic heterocycles. The third-order valence-electron chi connectivity index (χ3n) is 4.38. The lowest BCUT2D eigenvalue weighted by Gasteiger charge is -2.17. The zero-order chi connectivity index (χ0) is 18.8. The van der Waals surface area contributed by atoms with E-state index in [0.29, 0.717) is 18.0 Å². The summed E-state index contributed by atoms with van der Waals surface area (Å²) in [6.45, 7) is 5.95. The molecule has 1 N–H and O–H groups in total. The smallest absolute Gasteiger partial charge is 0.265 e. The number of carbonyl (C=O) groups is 2. The first-order valence-corrected chi connectivity index (χ1v) is 9.29. The van der Waals surface area contributed by atoms with E-state index in [-0.39, 0.29) is 11.8 Å². The molecule has 1 aliphatic rings. The number of nitrogens with zero attached hydrogens (tertiary/aromatic N) is 1. The summed E-state index contributed by atoms with van der Waals surface area (Å²) in [4.78, 5) is 25.8. The number of rotatable bonds is 4. The van der Waals surface area contributed by atoms with Crippen LogP contribution < -0.4 is 15.0 Å². The number of amides is 2. The fourth-order valence-electron chi connectivity index (χ4n) is 3.00. The first-order chi connectivity index (χ1) is 12.3. The Morgan fingerprint density at radius 3 is 2.69 bits per heavy atom. The summed E-state index contributed by atoms with van der Waals surface area (Å²) in [5, 5.41) is 2.88. The molecule has 0 spiro atoms. The Labute approximate surface area is 161 Å². The SMILES string of the molecule is CC(=O)N1CCc2cc(NC(=O)[C@@H](C)Oc3ccc(C)cc3Br)ccc21. The molecule has 0 fully saturated rings. The van der Waals surface area contributed by atoms with Crippen LogP contribution in [0.1, 0.15) is 25.0 Å². The number of anilines is 2. The predicted octanol–water partition coefficient (Wildman–Crippen LogP) is 4.07. The number of carbonyl (C=O) groups excluding carboxylic acids is 2. The van der Waals surface area contributed by atoms with E-state index in [1.165, 1.54) is 0 Å². The van der Waals surface area contributed by atoms with Gasteiger partial charge < -0.3 is 15.0 Å². The Morgan fingerprint density at radius 2 is 2.00 bits per heavy atom. The van der Waals surface area contributed by atoms with Crippen LogP contribution >= 0.6 is 15.9 Å². The van der Waals surface area contributed by atoms with Crippen molar-refractivity contribution in [2.75, 3.05) is 16.8 Å². The maximum absolute atomic E-state index is 12.5. The second-order valence-corrected chi connectivity index (χ2v) is 7.30. The minimum Gasteiger partial charge on any atom is -0.480 e. The molecule has 6 heteroatoms. The largest absolute Gasteiger partial charge is 0.480 e. The molecule has 2 aromatic rings. The van der Waals surface area contributed by atoms with E-state index in [2.05, 4.69) is 21.2 Å². The molecule has 5 nitrogen and oxygen atoms in total. The first kappa shape index (κ1) is 18.5. The average Bonchev–Trinajstić information content (AvgIpc) is 3.00. The lowest BCUT2D eigenvalue weighted by atomic mass is 10.1. The molecule has 136 valence electrons. The van der Waals surface area contributed by atoms with Gasteiger partial charge in [0.15, 0.2) is 6.10 Å². The first-order valence-electron chi connectivity index (χ1n) is 8.50. The number of halogens is 1. The van der Waals surface area contributed by atoms with Gasteiger partial charge in [-0.15, -0.1) is 0 Å². The Kier molecular flexibility index (Phi) is 5.32. The number of ether oxygens (including phenoxy) is 1. The molecule has 2 aromatic carbocycles. The highest BCUT2D eigenvalue weighted by Gasteiger charge is 2.23. The highest BCUT2D eigenvalue weighted by Crippen LogP contribution is 2.31. The molecule has 1 heterocycles. The zero-order valence-electron chi connectivity index (χ0n) is 15.0. The van der Waals surface area contributed by atoms with E-state index in [4.69, 9.17) is 4.74 Å². The van der Waals surface area contributed by atoms with Gasteiger partial charge in [0.05, 0.1) is 4.47 Å². The molecular weight excluding hydrogens is 396 g/mol. The van der Waals surface area contributed by atoms with Gasteiger partial charge in [-0.2, -0.15) is 0 Å². The Bertz CT molecular complexity index is 866. The second kappa shape index (κ2) is 7.50. The molecule has 0 bridgehead atoms. The minimum absolute atomic E-state index is 0.0335. The Balaban J connectivity index is 1.67. The van der Waals surface area contributed by atoms with Crippen LogP contribution in [0.15, 0.2) is 40.9 Å². The molecule has 0 radical (unpaired) electrons. The molecule has 0 saturated heterocycles. The summed E-state index contributed by atoms with van der Waals surface area (Å²) in [5.41, 5.74) is 3.80. The number of benzene rings is 2. The zero-order valence-corrected chi connectivity index (χ0v) is 16.6. The van der Waals surface area contributed by atoms with Crippen LogP contribution in [0.25, 0.3) is 0 Å². The van der Waals surface area contributed by atoms with E-state index in [9.17, 15) is 9.59 Å². The standard InChI is InChI=1S/C20H21BrN2O3/c1-12-4-7-19(17(21)10-12)26-13(2)20(25)22-16-5-6-18-15(11-16)8-9-23(18)14(3)24/h4-7,10-11,13H,8-9H2,1-3H3,(H,22,25)/t13-/m1/s1. The number of nitrogens with one attached hydrogen (secondary N) is 1. The van der Waals surface area contributed by atoms with Crippen molar-refractivity contribution in [2.24, 2.45) is 0 Å². The minimum atomic E-state index is -0.643. The van der Waals surface area contributed by atoms with Gasteiger partial charge in [0.2, 0.25) is 5.91 Å². The molecule has 26 heavy (non-hydrogen) atoms. The molecule has 1 atom stereocenters. The van der Waals surface area contributed by atoms with Gasteiger partial charge in [0, 0.05) is 24.8 Å². The van der Waals surface area contributed by atoms with Crippen molar-refractivity contribution in [1.29, 1.82) is 0 Å². The van der Waals surface area contributed by atoms with Crippen molar-refractivity contribution >= 4 is 39.1 Å². The molecule has 0 saturated carbocycles. The molecule has 0 unspecified atom stereocenters. The van der Waals surface area contributed by atoms with Crippen molar-refractivity contribution in [1.82, 2.24) is 0 Å². The van der Waals surface area contributed by atoms with E-state index in [1.807, 2.05) is 43.3 Å². The Hall–Kier alpha value is -2.34. The third-order valence-corrected chi connectivity index (χ3v) is 5.00. The number of hydrogen-bond acceptors (Lipinski definition) is 3. The van der Waals surface area contributed by atoms with Crippen LogP contribution in [0.4, 0.5) is 11.4 Å². The van der Waals surface area contributed by atoms with Crippen LogP contribution in [0.3, 0.4) is 0 Å². The van der Waals surface area contributed by atoms with Crippen LogP contribution in [0.2, 0.25) is 0 Å². The summed E-state index contributed by atoms with van der Waals surface area (Å²) in [6, 6.07) is 11.3. The summed E-state index contributed by atoms with van der Waals surface area (Å²) in [6.07, 6.45) is 0.150.